The number of nitrogens with zero attached hydrogens (tertiary/aromatic N) is 2. The van der Waals surface area contributed by atoms with Gasteiger partial charge < -0.3 is 4.90 Å². The van der Waals surface area contributed by atoms with E-state index in [0.29, 0.717) is 18.7 Å². The molecule has 3 rings (SSSR count). The van der Waals surface area contributed by atoms with Crippen molar-refractivity contribution in [3.05, 3.63) is 63.6 Å². The summed E-state index contributed by atoms with van der Waals surface area (Å²) in [6, 6.07) is 12.1. The second-order valence-electron chi connectivity index (χ2n) is 6.30. The van der Waals surface area contributed by atoms with Gasteiger partial charge in [0.25, 0.3) is 5.91 Å². The Morgan fingerprint density at radius 3 is 2.22 bits per heavy atom. The predicted molar refractivity (Wildman–Crippen MR) is 107 cm³/mol. The summed E-state index contributed by atoms with van der Waals surface area (Å²) in [6.45, 7) is 3.13. The van der Waals surface area contributed by atoms with Crippen LogP contribution in [-0.4, -0.2) is 49.7 Å². The lowest BCUT2D eigenvalue weighted by molar-refractivity contribution is 0.0698. The minimum absolute atomic E-state index is 0.00778. The molecule has 8 heteroatoms. The number of benzene rings is 2. The molecule has 2 aromatic rings. The monoisotopic (exact) mass is 426 g/mol. The molecular formula is C19H20Cl2N2O3S. The molecule has 2 aromatic carbocycles. The lowest BCUT2D eigenvalue weighted by Crippen LogP contribution is -2.50. The van der Waals surface area contributed by atoms with Gasteiger partial charge in [0, 0.05) is 31.7 Å². The van der Waals surface area contributed by atoms with Gasteiger partial charge >= 0.3 is 0 Å². The van der Waals surface area contributed by atoms with Gasteiger partial charge in [-0.1, -0.05) is 48.3 Å². The minimum Gasteiger partial charge on any atom is -0.336 e. The Labute approximate surface area is 169 Å². The molecule has 0 aromatic heterocycles. The van der Waals surface area contributed by atoms with Gasteiger partial charge in [-0.2, -0.15) is 4.31 Å². The molecule has 0 saturated carbocycles. The molecule has 0 aliphatic carbocycles. The van der Waals surface area contributed by atoms with Gasteiger partial charge in [-0.15, -0.1) is 0 Å². The first-order valence-electron chi connectivity index (χ1n) is 8.67. The highest BCUT2D eigenvalue weighted by molar-refractivity contribution is 7.89. The quantitative estimate of drug-likeness (QED) is 0.748. The number of carbonyl (C=O) groups is 1. The Balaban J connectivity index is 1.70. The molecule has 1 heterocycles. The van der Waals surface area contributed by atoms with Crippen molar-refractivity contribution in [2.24, 2.45) is 0 Å². The van der Waals surface area contributed by atoms with E-state index in [1.165, 1.54) is 15.9 Å². The maximum absolute atomic E-state index is 12.9. The van der Waals surface area contributed by atoms with E-state index in [0.717, 1.165) is 6.42 Å². The number of hydrogen-bond donors (Lipinski definition) is 0. The first kappa shape index (κ1) is 20.1. The molecule has 5 nitrogen and oxygen atoms in total. The van der Waals surface area contributed by atoms with E-state index < -0.39 is 10.0 Å². The van der Waals surface area contributed by atoms with Crippen LogP contribution in [0.2, 0.25) is 10.0 Å². The van der Waals surface area contributed by atoms with Crippen molar-refractivity contribution in [2.45, 2.75) is 18.2 Å². The van der Waals surface area contributed by atoms with Gasteiger partial charge in [0.15, 0.2) is 0 Å². The summed E-state index contributed by atoms with van der Waals surface area (Å²) in [5.41, 5.74) is 1.78. The van der Waals surface area contributed by atoms with Crippen LogP contribution < -0.4 is 0 Å². The normalized spacial score (nSPS) is 15.7. The summed E-state index contributed by atoms with van der Waals surface area (Å²) in [4.78, 5) is 14.3. The zero-order valence-electron chi connectivity index (χ0n) is 14.9. The second-order valence-corrected chi connectivity index (χ2v) is 8.99. The van der Waals surface area contributed by atoms with Crippen LogP contribution in [0, 0.1) is 0 Å². The summed E-state index contributed by atoms with van der Waals surface area (Å²) in [6.07, 6.45) is 0.914. The molecule has 1 aliphatic heterocycles. The number of halogens is 2. The standard InChI is InChI=1S/C19H20Cl2N2O3S/c1-2-14-6-8-15(9-7-14)19(24)22-10-12-23(13-11-22)27(25,26)17-5-3-4-16(20)18(17)21/h3-9H,2,10-13H2,1H3. The summed E-state index contributed by atoms with van der Waals surface area (Å²) in [5, 5.41) is 0.218. The summed E-state index contributed by atoms with van der Waals surface area (Å²) >= 11 is 12.0. The van der Waals surface area contributed by atoms with Crippen LogP contribution in [0.25, 0.3) is 0 Å². The molecule has 0 radical (unpaired) electrons. The Morgan fingerprint density at radius 2 is 1.63 bits per heavy atom. The molecule has 0 N–H and O–H groups in total. The number of aryl methyl sites for hydroxylation is 1. The molecule has 0 atom stereocenters. The van der Waals surface area contributed by atoms with Crippen LogP contribution in [0.3, 0.4) is 0 Å². The van der Waals surface area contributed by atoms with Crippen molar-refractivity contribution in [3.8, 4) is 0 Å². The number of sulfonamides is 1. The lowest BCUT2D eigenvalue weighted by atomic mass is 10.1. The fourth-order valence-electron chi connectivity index (χ4n) is 3.02. The minimum atomic E-state index is -3.76. The Hall–Kier alpha value is -1.60. The zero-order valence-corrected chi connectivity index (χ0v) is 17.2. The number of hydrogen-bond acceptors (Lipinski definition) is 3. The van der Waals surface area contributed by atoms with Crippen molar-refractivity contribution < 1.29 is 13.2 Å². The molecule has 1 saturated heterocycles. The van der Waals surface area contributed by atoms with Gasteiger partial charge in [-0.05, 0) is 36.2 Å². The highest BCUT2D eigenvalue weighted by Gasteiger charge is 2.32. The number of rotatable bonds is 4. The molecule has 0 bridgehead atoms. The van der Waals surface area contributed by atoms with Crippen molar-refractivity contribution in [2.75, 3.05) is 26.2 Å². The van der Waals surface area contributed by atoms with Crippen molar-refractivity contribution in [1.82, 2.24) is 9.21 Å². The van der Waals surface area contributed by atoms with E-state index in [-0.39, 0.29) is 33.9 Å². The van der Waals surface area contributed by atoms with Crippen LogP contribution in [0.15, 0.2) is 47.4 Å². The third kappa shape index (κ3) is 4.14. The molecule has 27 heavy (non-hydrogen) atoms. The molecule has 0 spiro atoms. The third-order valence-electron chi connectivity index (χ3n) is 4.67. The zero-order chi connectivity index (χ0) is 19.6. The number of carbonyl (C=O) groups excluding carboxylic acids is 1. The smallest absolute Gasteiger partial charge is 0.253 e. The van der Waals surface area contributed by atoms with E-state index in [9.17, 15) is 13.2 Å². The predicted octanol–water partition coefficient (Wildman–Crippen LogP) is 3.70. The van der Waals surface area contributed by atoms with E-state index in [1.54, 1.807) is 17.0 Å². The van der Waals surface area contributed by atoms with Crippen LogP contribution in [0.1, 0.15) is 22.8 Å². The van der Waals surface area contributed by atoms with Crippen LogP contribution in [0.4, 0.5) is 0 Å². The van der Waals surface area contributed by atoms with E-state index in [1.807, 2.05) is 24.3 Å². The Bertz CT molecular complexity index is 938. The Morgan fingerprint density at radius 1 is 1.00 bits per heavy atom. The third-order valence-corrected chi connectivity index (χ3v) is 7.54. The van der Waals surface area contributed by atoms with Crippen molar-refractivity contribution in [1.29, 1.82) is 0 Å². The number of amides is 1. The number of piperazine rings is 1. The van der Waals surface area contributed by atoms with Crippen LogP contribution >= 0.6 is 23.2 Å². The highest BCUT2D eigenvalue weighted by atomic mass is 35.5. The van der Waals surface area contributed by atoms with E-state index in [4.69, 9.17) is 23.2 Å². The first-order valence-corrected chi connectivity index (χ1v) is 10.9. The summed E-state index contributed by atoms with van der Waals surface area (Å²) in [7, 11) is -3.76. The molecule has 144 valence electrons. The van der Waals surface area contributed by atoms with E-state index in [2.05, 4.69) is 6.92 Å². The summed E-state index contributed by atoms with van der Waals surface area (Å²) < 4.78 is 27.1. The Kier molecular flexibility index (Phi) is 6.11. The molecular weight excluding hydrogens is 407 g/mol. The lowest BCUT2D eigenvalue weighted by Gasteiger charge is -2.34. The molecule has 1 fully saturated rings. The average Bonchev–Trinajstić information content (AvgIpc) is 2.69. The maximum atomic E-state index is 12.9. The fraction of sp³-hybridized carbons (Fsp3) is 0.316. The maximum Gasteiger partial charge on any atom is 0.253 e. The average molecular weight is 427 g/mol. The fourth-order valence-corrected chi connectivity index (χ4v) is 5.18. The van der Waals surface area contributed by atoms with Crippen molar-refractivity contribution in [3.63, 3.8) is 0 Å². The first-order chi connectivity index (χ1) is 12.8. The molecule has 1 amide bonds. The topological polar surface area (TPSA) is 57.7 Å². The highest BCUT2D eigenvalue weighted by Crippen LogP contribution is 2.31. The van der Waals surface area contributed by atoms with Gasteiger partial charge in [-0.3, -0.25) is 4.79 Å². The van der Waals surface area contributed by atoms with Crippen molar-refractivity contribution >= 4 is 39.1 Å². The van der Waals surface area contributed by atoms with Crippen LogP contribution in [0.5, 0.6) is 0 Å². The summed E-state index contributed by atoms with van der Waals surface area (Å²) in [5.74, 6) is -0.0875. The molecule has 0 unspecified atom stereocenters. The second kappa shape index (κ2) is 8.19. The largest absolute Gasteiger partial charge is 0.336 e. The van der Waals surface area contributed by atoms with Gasteiger partial charge in [0.05, 0.1) is 10.0 Å². The SMILES string of the molecule is CCc1ccc(C(=O)N2CCN(S(=O)(=O)c3cccc(Cl)c3Cl)CC2)cc1. The van der Waals surface area contributed by atoms with E-state index >= 15 is 0 Å². The van der Waals surface area contributed by atoms with Gasteiger partial charge in [0.1, 0.15) is 4.90 Å². The van der Waals surface area contributed by atoms with Gasteiger partial charge in [0.2, 0.25) is 10.0 Å². The van der Waals surface area contributed by atoms with Gasteiger partial charge in [-0.25, -0.2) is 8.42 Å². The molecule has 1 aliphatic rings. The van der Waals surface area contributed by atoms with Crippen LogP contribution in [-0.2, 0) is 16.4 Å².